The number of aryl methyl sites for hydroxylation is 2. The van der Waals surface area contributed by atoms with Gasteiger partial charge in [-0.2, -0.15) is 0 Å². The maximum atomic E-state index is 11.6. The van der Waals surface area contributed by atoms with E-state index >= 15 is 0 Å². The molecule has 0 aromatic heterocycles. The lowest BCUT2D eigenvalue weighted by molar-refractivity contribution is -0.175. The first kappa shape index (κ1) is 27.0. The van der Waals surface area contributed by atoms with Crippen LogP contribution in [0.5, 0.6) is 11.5 Å². The largest absolute Gasteiger partial charge is 0.491 e. The van der Waals surface area contributed by atoms with E-state index in [1.807, 2.05) is 19.1 Å². The highest BCUT2D eigenvalue weighted by Gasteiger charge is 2.33. The molecule has 3 N–H and O–H groups in total. The van der Waals surface area contributed by atoms with Gasteiger partial charge in [-0.25, -0.2) is 0 Å². The SMILES string of the molecule is CCOCCOc1cc(C)c(-c2cccc(CNc3ccc(OC(C)(OC)C(N)=O)cc3)c2)c(C)c1. The fourth-order valence-electron chi connectivity index (χ4n) is 3.92. The first-order valence-corrected chi connectivity index (χ1v) is 12.0. The first-order valence-electron chi connectivity index (χ1n) is 12.0. The molecule has 7 heteroatoms. The number of nitrogens with one attached hydrogen (secondary N) is 1. The number of hydrogen-bond donors (Lipinski definition) is 2. The molecule has 7 nitrogen and oxygen atoms in total. The monoisotopic (exact) mass is 492 g/mol. The minimum absolute atomic E-state index is 0.488. The molecular formula is C29H36N2O5. The summed E-state index contributed by atoms with van der Waals surface area (Å²) in [5.41, 5.74) is 12.2. The first-order chi connectivity index (χ1) is 17.3. The van der Waals surface area contributed by atoms with E-state index < -0.39 is 11.7 Å². The molecule has 1 amide bonds. The van der Waals surface area contributed by atoms with Crippen LogP contribution in [0.25, 0.3) is 11.1 Å². The molecule has 0 aliphatic carbocycles. The van der Waals surface area contributed by atoms with E-state index in [4.69, 9.17) is 24.7 Å². The highest BCUT2D eigenvalue weighted by atomic mass is 16.7. The van der Waals surface area contributed by atoms with Crippen LogP contribution in [0, 0.1) is 13.8 Å². The van der Waals surface area contributed by atoms with Crippen LogP contribution in [0.4, 0.5) is 5.69 Å². The lowest BCUT2D eigenvalue weighted by Gasteiger charge is -2.25. The average Bonchev–Trinajstić information content (AvgIpc) is 2.86. The van der Waals surface area contributed by atoms with E-state index in [2.05, 4.69) is 55.6 Å². The van der Waals surface area contributed by atoms with Crippen molar-refractivity contribution < 1.29 is 23.7 Å². The van der Waals surface area contributed by atoms with E-state index in [0.29, 0.717) is 32.1 Å². The van der Waals surface area contributed by atoms with Crippen molar-refractivity contribution >= 4 is 11.6 Å². The second kappa shape index (κ2) is 12.4. The molecule has 1 unspecified atom stereocenters. The summed E-state index contributed by atoms with van der Waals surface area (Å²) >= 11 is 0. The third-order valence-electron chi connectivity index (χ3n) is 5.92. The van der Waals surface area contributed by atoms with Gasteiger partial charge in [0.05, 0.1) is 6.61 Å². The van der Waals surface area contributed by atoms with E-state index in [0.717, 1.165) is 17.0 Å². The number of carbonyl (C=O) groups is 1. The summed E-state index contributed by atoms with van der Waals surface area (Å²) in [4.78, 5) is 11.6. The molecule has 0 aliphatic heterocycles. The lowest BCUT2D eigenvalue weighted by Crippen LogP contribution is -2.47. The van der Waals surface area contributed by atoms with Crippen LogP contribution in [0.2, 0.25) is 0 Å². The van der Waals surface area contributed by atoms with Crippen LogP contribution in [-0.4, -0.2) is 38.6 Å². The van der Waals surface area contributed by atoms with Gasteiger partial charge in [-0.15, -0.1) is 0 Å². The number of primary amides is 1. The van der Waals surface area contributed by atoms with Gasteiger partial charge in [-0.3, -0.25) is 4.79 Å². The molecule has 0 aliphatic rings. The maximum Gasteiger partial charge on any atom is 0.290 e. The minimum atomic E-state index is -1.51. The molecule has 0 spiro atoms. The van der Waals surface area contributed by atoms with E-state index in [1.165, 1.54) is 36.3 Å². The second-order valence-corrected chi connectivity index (χ2v) is 8.67. The summed E-state index contributed by atoms with van der Waals surface area (Å²) in [6.45, 7) is 10.2. The number of ether oxygens (including phenoxy) is 4. The summed E-state index contributed by atoms with van der Waals surface area (Å²) in [5.74, 6) is -0.858. The van der Waals surface area contributed by atoms with Gasteiger partial charge in [0.15, 0.2) is 0 Å². The van der Waals surface area contributed by atoms with Crippen LogP contribution in [0.15, 0.2) is 60.7 Å². The van der Waals surface area contributed by atoms with Gasteiger partial charge in [0.2, 0.25) is 0 Å². The molecule has 3 aromatic rings. The lowest BCUT2D eigenvalue weighted by atomic mass is 9.94. The topological polar surface area (TPSA) is 92.0 Å². The Morgan fingerprint density at radius 3 is 2.28 bits per heavy atom. The molecule has 1 atom stereocenters. The van der Waals surface area contributed by atoms with E-state index in [9.17, 15) is 4.79 Å². The molecular weight excluding hydrogens is 456 g/mol. The number of rotatable bonds is 13. The summed E-state index contributed by atoms with van der Waals surface area (Å²) in [6.07, 6.45) is 0. The Hall–Kier alpha value is -3.55. The zero-order valence-electron chi connectivity index (χ0n) is 21.7. The molecule has 0 saturated heterocycles. The predicted octanol–water partition coefficient (Wildman–Crippen LogP) is 5.22. The fourth-order valence-corrected chi connectivity index (χ4v) is 3.92. The van der Waals surface area contributed by atoms with Gasteiger partial charge in [-0.1, -0.05) is 18.2 Å². The summed E-state index contributed by atoms with van der Waals surface area (Å²) < 4.78 is 21.9. The van der Waals surface area contributed by atoms with Crippen molar-refractivity contribution in [3.05, 3.63) is 77.4 Å². The molecule has 36 heavy (non-hydrogen) atoms. The van der Waals surface area contributed by atoms with Gasteiger partial charge < -0.3 is 30.0 Å². The molecule has 192 valence electrons. The Morgan fingerprint density at radius 1 is 0.972 bits per heavy atom. The number of methoxy groups -OCH3 is 1. The quantitative estimate of drug-likeness (QED) is 0.251. The van der Waals surface area contributed by atoms with Crippen LogP contribution in [-0.2, 0) is 20.8 Å². The average molecular weight is 493 g/mol. The predicted molar refractivity (Wildman–Crippen MR) is 142 cm³/mol. The van der Waals surface area contributed by atoms with Crippen LogP contribution >= 0.6 is 0 Å². The van der Waals surface area contributed by atoms with Crippen molar-refractivity contribution in [1.29, 1.82) is 0 Å². The summed E-state index contributed by atoms with van der Waals surface area (Å²) in [6, 6.07) is 20.0. The smallest absolute Gasteiger partial charge is 0.290 e. The van der Waals surface area contributed by atoms with Gasteiger partial charge in [0.25, 0.3) is 11.7 Å². The Kier molecular flexibility index (Phi) is 9.33. The van der Waals surface area contributed by atoms with Gasteiger partial charge in [0, 0.05) is 32.9 Å². The third kappa shape index (κ3) is 6.99. The van der Waals surface area contributed by atoms with Crippen molar-refractivity contribution in [2.75, 3.05) is 32.2 Å². The number of benzene rings is 3. The van der Waals surface area contributed by atoms with Crippen molar-refractivity contribution in [3.63, 3.8) is 0 Å². The Labute approximate surface area is 213 Å². The van der Waals surface area contributed by atoms with Crippen LogP contribution < -0.4 is 20.5 Å². The highest BCUT2D eigenvalue weighted by Crippen LogP contribution is 2.32. The number of nitrogens with two attached hydrogens (primary N) is 1. The second-order valence-electron chi connectivity index (χ2n) is 8.67. The molecule has 0 radical (unpaired) electrons. The maximum absolute atomic E-state index is 11.6. The van der Waals surface area contributed by atoms with Crippen LogP contribution in [0.3, 0.4) is 0 Å². The number of carbonyl (C=O) groups excluding carboxylic acids is 1. The van der Waals surface area contributed by atoms with Gasteiger partial charge >= 0.3 is 0 Å². The normalized spacial score (nSPS) is 12.6. The van der Waals surface area contributed by atoms with E-state index in [1.54, 1.807) is 12.1 Å². The summed E-state index contributed by atoms with van der Waals surface area (Å²) in [7, 11) is 1.38. The molecule has 0 fully saturated rings. The number of anilines is 1. The highest BCUT2D eigenvalue weighted by molar-refractivity contribution is 5.81. The molecule has 0 heterocycles. The number of hydrogen-bond acceptors (Lipinski definition) is 6. The fraction of sp³-hybridized carbons (Fsp3) is 0.345. The van der Waals surface area contributed by atoms with Gasteiger partial charge in [0.1, 0.15) is 18.1 Å². The molecule has 0 bridgehead atoms. The zero-order chi connectivity index (χ0) is 26.1. The molecule has 3 aromatic carbocycles. The number of amides is 1. The molecule has 3 rings (SSSR count). The van der Waals surface area contributed by atoms with Crippen molar-refractivity contribution in [3.8, 4) is 22.6 Å². The standard InChI is InChI=1S/C29H36N2O5/c1-6-34-14-15-35-26-16-20(2)27(21(3)17-26)23-9-7-8-22(18-23)19-31-24-10-12-25(13-11-24)36-29(4,33-5)28(30)32/h7-13,16-18,31H,6,14-15,19H2,1-5H3,(H2,30,32). The molecule has 0 saturated carbocycles. The van der Waals surface area contributed by atoms with Crippen molar-refractivity contribution in [2.24, 2.45) is 5.73 Å². The Balaban J connectivity index is 1.66. The minimum Gasteiger partial charge on any atom is -0.491 e. The van der Waals surface area contributed by atoms with E-state index in [-0.39, 0.29) is 0 Å². The Bertz CT molecular complexity index is 1140. The zero-order valence-corrected chi connectivity index (χ0v) is 21.7. The van der Waals surface area contributed by atoms with Crippen molar-refractivity contribution in [1.82, 2.24) is 0 Å². The Morgan fingerprint density at radius 2 is 1.67 bits per heavy atom. The van der Waals surface area contributed by atoms with Gasteiger partial charge in [-0.05, 0) is 91.1 Å². The summed E-state index contributed by atoms with van der Waals surface area (Å²) in [5, 5.41) is 3.43. The van der Waals surface area contributed by atoms with Crippen molar-refractivity contribution in [2.45, 2.75) is 40.0 Å². The third-order valence-corrected chi connectivity index (χ3v) is 5.92. The van der Waals surface area contributed by atoms with Crippen LogP contribution in [0.1, 0.15) is 30.5 Å².